The van der Waals surface area contributed by atoms with E-state index in [-0.39, 0.29) is 29.3 Å². The number of Topliss-reactive ketones (excluding diaryl/α,β-unsaturated/α-hetero) is 1. The van der Waals surface area contributed by atoms with Crippen LogP contribution in [0.2, 0.25) is 0 Å². The number of thioether (sulfide) groups is 1. The number of nitrogens with zero attached hydrogens (tertiary/aromatic N) is 2. The number of nitrogens with one attached hydrogen (secondary N) is 1. The van der Waals surface area contributed by atoms with Crippen molar-refractivity contribution in [2.75, 3.05) is 31.9 Å². The highest BCUT2D eigenvalue weighted by molar-refractivity contribution is 8.02. The number of hydrogen-bond donors (Lipinski definition) is 1. The second-order valence-electron chi connectivity index (χ2n) is 11.9. The van der Waals surface area contributed by atoms with Crippen LogP contribution in [0, 0.1) is 23.6 Å². The van der Waals surface area contributed by atoms with Crippen molar-refractivity contribution in [2.45, 2.75) is 44.1 Å². The molecule has 1 amide bonds. The summed E-state index contributed by atoms with van der Waals surface area (Å²) in [5, 5.41) is 5.21. The SMILES string of the molecule is O=C(NCCN1CCC(Cc2ccccc2)CC1)C1=CC(Cc2cccc(F)c2)C2C(=O)CCC=NC23CSC=C13. The molecule has 1 aliphatic carbocycles. The van der Waals surface area contributed by atoms with E-state index in [4.69, 9.17) is 4.99 Å². The molecular weight excluding hydrogens is 533 g/mol. The van der Waals surface area contributed by atoms with Gasteiger partial charge in [-0.05, 0) is 91.3 Å². The average Bonchev–Trinajstić information content (AvgIpc) is 3.32. The number of piperidine rings is 1. The molecule has 214 valence electrons. The third kappa shape index (κ3) is 6.12. The number of rotatable bonds is 8. The van der Waals surface area contributed by atoms with Crippen molar-refractivity contribution >= 4 is 29.7 Å². The molecule has 0 aromatic heterocycles. The number of hydrogen-bond acceptors (Lipinski definition) is 5. The van der Waals surface area contributed by atoms with Crippen LogP contribution in [0.5, 0.6) is 0 Å². The molecule has 3 aliphatic heterocycles. The first-order chi connectivity index (χ1) is 20.0. The predicted octanol–water partition coefficient (Wildman–Crippen LogP) is 5.41. The van der Waals surface area contributed by atoms with Crippen LogP contribution < -0.4 is 5.32 Å². The maximum absolute atomic E-state index is 14.0. The summed E-state index contributed by atoms with van der Waals surface area (Å²) < 4.78 is 14.0. The first-order valence-corrected chi connectivity index (χ1v) is 16.0. The zero-order chi connectivity index (χ0) is 28.2. The van der Waals surface area contributed by atoms with Crippen LogP contribution in [0.25, 0.3) is 0 Å². The van der Waals surface area contributed by atoms with E-state index in [9.17, 15) is 14.0 Å². The zero-order valence-corrected chi connectivity index (χ0v) is 24.3. The topological polar surface area (TPSA) is 61.8 Å². The van der Waals surface area contributed by atoms with Crippen molar-refractivity contribution < 1.29 is 14.0 Å². The van der Waals surface area contributed by atoms with Gasteiger partial charge < -0.3 is 10.2 Å². The minimum absolute atomic E-state index is 0.105. The van der Waals surface area contributed by atoms with E-state index >= 15 is 0 Å². The third-order valence-electron chi connectivity index (χ3n) is 9.17. The lowest BCUT2D eigenvalue weighted by Gasteiger charge is -2.42. The number of benzene rings is 2. The van der Waals surface area contributed by atoms with Crippen LogP contribution in [0.3, 0.4) is 0 Å². The van der Waals surface area contributed by atoms with Crippen molar-refractivity contribution in [1.82, 2.24) is 10.2 Å². The van der Waals surface area contributed by atoms with Gasteiger partial charge in [0.15, 0.2) is 0 Å². The van der Waals surface area contributed by atoms with E-state index in [0.29, 0.717) is 43.1 Å². The molecular formula is C34H38FN3O2S. The van der Waals surface area contributed by atoms with Gasteiger partial charge in [-0.2, -0.15) is 0 Å². The lowest BCUT2D eigenvalue weighted by Crippen LogP contribution is -2.51. The Hall–Kier alpha value is -3.03. The number of carbonyl (C=O) groups is 2. The molecule has 1 spiro atoms. The Bertz CT molecular complexity index is 1370. The van der Waals surface area contributed by atoms with Gasteiger partial charge >= 0.3 is 0 Å². The molecule has 1 fully saturated rings. The summed E-state index contributed by atoms with van der Waals surface area (Å²) in [4.78, 5) is 34.6. The molecule has 2 aromatic carbocycles. The maximum atomic E-state index is 14.0. The monoisotopic (exact) mass is 571 g/mol. The molecule has 0 bridgehead atoms. The van der Waals surface area contributed by atoms with Crippen LogP contribution in [0.4, 0.5) is 4.39 Å². The van der Waals surface area contributed by atoms with E-state index in [1.807, 2.05) is 23.8 Å². The highest BCUT2D eigenvalue weighted by Gasteiger charge is 2.55. The first-order valence-electron chi connectivity index (χ1n) is 14.9. The highest BCUT2D eigenvalue weighted by Crippen LogP contribution is 2.52. The summed E-state index contributed by atoms with van der Waals surface area (Å²) >= 11 is 1.63. The Balaban J connectivity index is 1.13. The van der Waals surface area contributed by atoms with E-state index in [1.165, 1.54) is 30.5 Å². The van der Waals surface area contributed by atoms with E-state index < -0.39 is 5.54 Å². The van der Waals surface area contributed by atoms with Crippen LogP contribution in [-0.2, 0) is 22.4 Å². The fourth-order valence-electron chi connectivity index (χ4n) is 7.12. The predicted molar refractivity (Wildman–Crippen MR) is 163 cm³/mol. The molecule has 3 atom stereocenters. The van der Waals surface area contributed by atoms with Crippen molar-refractivity contribution in [3.63, 3.8) is 0 Å². The fourth-order valence-corrected chi connectivity index (χ4v) is 8.36. The number of likely N-dealkylation sites (tertiary alicyclic amines) is 1. The Morgan fingerprint density at radius 3 is 2.68 bits per heavy atom. The molecule has 41 heavy (non-hydrogen) atoms. The second kappa shape index (κ2) is 12.5. The minimum Gasteiger partial charge on any atom is -0.351 e. The number of allylic oxidation sites excluding steroid dienone is 1. The highest BCUT2D eigenvalue weighted by atomic mass is 32.2. The summed E-state index contributed by atoms with van der Waals surface area (Å²) in [5.41, 5.74) is 3.01. The van der Waals surface area contributed by atoms with Crippen LogP contribution >= 0.6 is 11.8 Å². The van der Waals surface area contributed by atoms with Crippen molar-refractivity contribution in [1.29, 1.82) is 0 Å². The quantitative estimate of drug-likeness (QED) is 0.460. The number of ketones is 1. The van der Waals surface area contributed by atoms with Gasteiger partial charge in [0.25, 0.3) is 5.91 Å². The Morgan fingerprint density at radius 1 is 1.07 bits per heavy atom. The molecule has 6 rings (SSSR count). The van der Waals surface area contributed by atoms with Gasteiger partial charge in [0, 0.05) is 37.1 Å². The third-order valence-corrected chi connectivity index (χ3v) is 10.2. The normalized spacial score (nSPS) is 26.5. The molecule has 0 saturated carbocycles. The summed E-state index contributed by atoms with van der Waals surface area (Å²) in [7, 11) is 0. The van der Waals surface area contributed by atoms with E-state index in [1.54, 1.807) is 17.8 Å². The van der Waals surface area contributed by atoms with Gasteiger partial charge in [-0.15, -0.1) is 11.8 Å². The Kier molecular flexibility index (Phi) is 8.54. The Morgan fingerprint density at radius 2 is 1.88 bits per heavy atom. The molecule has 5 nitrogen and oxygen atoms in total. The number of aliphatic imine (C=N–C) groups is 1. The van der Waals surface area contributed by atoms with Crippen molar-refractivity contribution in [3.8, 4) is 0 Å². The molecule has 4 aliphatic rings. The lowest BCUT2D eigenvalue weighted by atomic mass is 9.63. The van der Waals surface area contributed by atoms with Crippen LogP contribution in [0.15, 0.2) is 82.2 Å². The molecule has 0 radical (unpaired) electrons. The summed E-state index contributed by atoms with van der Waals surface area (Å²) in [6.07, 6.45) is 8.91. The smallest absolute Gasteiger partial charge is 0.251 e. The minimum atomic E-state index is -0.724. The van der Waals surface area contributed by atoms with Gasteiger partial charge in [-0.1, -0.05) is 48.5 Å². The van der Waals surface area contributed by atoms with Gasteiger partial charge in [0.2, 0.25) is 0 Å². The van der Waals surface area contributed by atoms with Crippen molar-refractivity contribution in [3.05, 3.63) is 94.2 Å². The van der Waals surface area contributed by atoms with Crippen molar-refractivity contribution in [2.24, 2.45) is 22.7 Å². The largest absolute Gasteiger partial charge is 0.351 e. The summed E-state index contributed by atoms with van der Waals surface area (Å²) in [6, 6.07) is 17.3. The number of carbonyl (C=O) groups excluding carboxylic acids is 2. The molecule has 7 heteroatoms. The standard InChI is InChI=1S/C34H38FN3O2S/c35-28-9-4-8-26(20-28)19-27-21-29(30-22-41-23-34(30)32(27)31(39)10-5-13-37-34)33(40)36-14-17-38-15-11-25(12-16-38)18-24-6-2-1-3-7-24/h1-4,6-9,13,20-22,25,27,32H,5,10-12,14-19,23H2,(H,36,40). The summed E-state index contributed by atoms with van der Waals surface area (Å²) in [6.45, 7) is 3.50. The van der Waals surface area contributed by atoms with E-state index in [2.05, 4.69) is 40.5 Å². The Labute approximate surface area is 246 Å². The van der Waals surface area contributed by atoms with Gasteiger partial charge in [0.1, 0.15) is 17.1 Å². The van der Waals surface area contributed by atoms with Gasteiger partial charge in [-0.25, -0.2) is 4.39 Å². The average molecular weight is 572 g/mol. The molecule has 1 saturated heterocycles. The summed E-state index contributed by atoms with van der Waals surface area (Å²) in [5.74, 6) is 0.581. The molecule has 3 heterocycles. The van der Waals surface area contributed by atoms with Gasteiger partial charge in [0.05, 0.1) is 5.92 Å². The van der Waals surface area contributed by atoms with Gasteiger partial charge in [-0.3, -0.25) is 14.6 Å². The second-order valence-corrected chi connectivity index (χ2v) is 12.7. The number of amides is 1. The molecule has 3 unspecified atom stereocenters. The fraction of sp³-hybridized carbons (Fsp3) is 0.441. The van der Waals surface area contributed by atoms with Crippen LogP contribution in [0.1, 0.15) is 36.8 Å². The first kappa shape index (κ1) is 28.1. The molecule has 2 aromatic rings. The van der Waals surface area contributed by atoms with Crippen LogP contribution in [-0.4, -0.2) is 60.3 Å². The van der Waals surface area contributed by atoms with E-state index in [0.717, 1.165) is 37.2 Å². The maximum Gasteiger partial charge on any atom is 0.251 e. The lowest BCUT2D eigenvalue weighted by molar-refractivity contribution is -0.126. The molecule has 1 N–H and O–H groups in total. The zero-order valence-electron chi connectivity index (χ0n) is 23.4. The number of halogens is 1.